The molecule has 0 bridgehead atoms. The molecule has 0 spiro atoms. The third-order valence-electron chi connectivity index (χ3n) is 7.06. The van der Waals surface area contributed by atoms with Gasteiger partial charge in [0.15, 0.2) is 11.5 Å². The van der Waals surface area contributed by atoms with Crippen LogP contribution in [0.4, 0.5) is 0 Å². The minimum Gasteiger partial charge on any atom is -0.494 e. The summed E-state index contributed by atoms with van der Waals surface area (Å²) in [6.07, 6.45) is 3.59. The highest BCUT2D eigenvalue weighted by Crippen LogP contribution is 2.42. The molecule has 0 radical (unpaired) electrons. The summed E-state index contributed by atoms with van der Waals surface area (Å²) >= 11 is 0. The van der Waals surface area contributed by atoms with Gasteiger partial charge in [-0.15, -0.1) is 0 Å². The Morgan fingerprint density at radius 1 is 1.06 bits per heavy atom. The Bertz CT molecular complexity index is 1290. The van der Waals surface area contributed by atoms with E-state index in [1.807, 2.05) is 48.2 Å². The number of hydrogen-bond acceptors (Lipinski definition) is 5. The average molecular weight is 463 g/mol. The Morgan fingerprint density at radius 3 is 2.50 bits per heavy atom. The van der Waals surface area contributed by atoms with Crippen molar-refractivity contribution in [3.8, 4) is 17.2 Å². The van der Waals surface area contributed by atoms with Gasteiger partial charge in [0.05, 0.1) is 26.9 Å². The number of carbonyl (C=O) groups is 1. The van der Waals surface area contributed by atoms with Gasteiger partial charge in [-0.2, -0.15) is 0 Å². The van der Waals surface area contributed by atoms with E-state index in [4.69, 9.17) is 14.2 Å². The smallest absolute Gasteiger partial charge is 0.254 e. The Labute approximate surface area is 198 Å². The number of carbonyl (C=O) groups excluding carboxylic acids is 1. The van der Waals surface area contributed by atoms with Crippen LogP contribution in [0, 0.1) is 5.92 Å². The summed E-state index contributed by atoms with van der Waals surface area (Å²) in [5, 5.41) is 0.865. The van der Waals surface area contributed by atoms with Crippen molar-refractivity contribution in [3.63, 3.8) is 0 Å². The first kappa shape index (κ1) is 22.3. The van der Waals surface area contributed by atoms with Crippen molar-refractivity contribution in [1.29, 1.82) is 0 Å². The molecule has 1 N–H and O–H groups in total. The largest absolute Gasteiger partial charge is 0.494 e. The molecule has 5 rings (SSSR count). The van der Waals surface area contributed by atoms with E-state index in [2.05, 4.69) is 4.98 Å². The van der Waals surface area contributed by atoms with Gasteiger partial charge in [0.2, 0.25) is 5.91 Å². The van der Waals surface area contributed by atoms with E-state index < -0.39 is 6.04 Å². The molecule has 1 aliphatic heterocycles. The number of amides is 1. The summed E-state index contributed by atoms with van der Waals surface area (Å²) < 4.78 is 16.8. The molecule has 1 amide bonds. The predicted molar refractivity (Wildman–Crippen MR) is 130 cm³/mol. The maximum absolute atomic E-state index is 13.5. The van der Waals surface area contributed by atoms with E-state index >= 15 is 0 Å². The van der Waals surface area contributed by atoms with E-state index in [9.17, 15) is 9.59 Å². The number of benzene rings is 2. The van der Waals surface area contributed by atoms with Crippen molar-refractivity contribution < 1.29 is 19.0 Å². The number of hydrogen-bond donors (Lipinski definition) is 1. The van der Waals surface area contributed by atoms with Gasteiger partial charge in [0.1, 0.15) is 5.75 Å². The van der Waals surface area contributed by atoms with Crippen LogP contribution in [-0.4, -0.2) is 43.2 Å². The Balaban J connectivity index is 1.69. The second-order valence-corrected chi connectivity index (χ2v) is 8.95. The van der Waals surface area contributed by atoms with Crippen LogP contribution in [0.2, 0.25) is 0 Å². The van der Waals surface area contributed by atoms with E-state index in [1.54, 1.807) is 14.2 Å². The van der Waals surface area contributed by atoms with Gasteiger partial charge in [0.25, 0.3) is 5.56 Å². The topological polar surface area (TPSA) is 80.9 Å². The summed E-state index contributed by atoms with van der Waals surface area (Å²) in [6, 6.07) is 10.9. The van der Waals surface area contributed by atoms with E-state index in [0.29, 0.717) is 36.6 Å². The predicted octanol–water partition coefficient (Wildman–Crippen LogP) is 4.22. The lowest BCUT2D eigenvalue weighted by atomic mass is 9.81. The fourth-order valence-electron chi connectivity index (χ4n) is 5.07. The standard InChI is InChI=1S/C27H30N2O5/c1-4-34-19-8-9-22-18(12-19)13-21(26(30)28-22)25-20-15-24(33-3)23(32-2)14-17(20)10-11-29(25)27(31)16-6-5-7-16/h8-9,12-16,25H,4-7,10-11H2,1-3H3,(H,28,30)/t25-/m1/s1. The first-order chi connectivity index (χ1) is 16.5. The third-order valence-corrected chi connectivity index (χ3v) is 7.06. The average Bonchev–Trinajstić information content (AvgIpc) is 2.81. The highest BCUT2D eigenvalue weighted by atomic mass is 16.5. The fourth-order valence-corrected chi connectivity index (χ4v) is 5.07. The summed E-state index contributed by atoms with van der Waals surface area (Å²) in [6.45, 7) is 3.05. The number of H-pyrrole nitrogens is 1. The van der Waals surface area contributed by atoms with Crippen LogP contribution in [-0.2, 0) is 11.2 Å². The minimum absolute atomic E-state index is 0.0355. The van der Waals surface area contributed by atoms with Gasteiger partial charge in [0, 0.05) is 28.9 Å². The molecular weight excluding hydrogens is 432 g/mol. The van der Waals surface area contributed by atoms with Gasteiger partial charge >= 0.3 is 0 Å². The summed E-state index contributed by atoms with van der Waals surface area (Å²) in [5.41, 5.74) is 3.04. The van der Waals surface area contributed by atoms with Crippen LogP contribution >= 0.6 is 0 Å². The van der Waals surface area contributed by atoms with Gasteiger partial charge in [-0.3, -0.25) is 9.59 Å². The van der Waals surface area contributed by atoms with Crippen LogP contribution in [0.25, 0.3) is 10.9 Å². The highest BCUT2D eigenvalue weighted by Gasteiger charge is 2.39. The van der Waals surface area contributed by atoms with Crippen LogP contribution < -0.4 is 19.8 Å². The number of methoxy groups -OCH3 is 2. The molecule has 7 nitrogen and oxygen atoms in total. The SMILES string of the molecule is CCOc1ccc2[nH]c(=O)c([C@H]3c4cc(OC)c(OC)cc4CCN3C(=O)C3CCC3)cc2c1. The maximum atomic E-state index is 13.5. The molecular formula is C27H30N2O5. The molecule has 1 atom stereocenters. The zero-order valence-corrected chi connectivity index (χ0v) is 19.8. The molecule has 0 saturated heterocycles. The van der Waals surface area contributed by atoms with Crippen molar-refractivity contribution in [2.75, 3.05) is 27.4 Å². The second kappa shape index (κ2) is 9.05. The first-order valence-corrected chi connectivity index (χ1v) is 11.9. The second-order valence-electron chi connectivity index (χ2n) is 8.95. The molecule has 3 aromatic rings. The van der Waals surface area contributed by atoms with Crippen molar-refractivity contribution in [2.24, 2.45) is 5.92 Å². The molecule has 2 aromatic carbocycles. The normalized spacial score (nSPS) is 17.7. The monoisotopic (exact) mass is 462 g/mol. The lowest BCUT2D eigenvalue weighted by molar-refractivity contribution is -0.140. The third kappa shape index (κ3) is 3.79. The van der Waals surface area contributed by atoms with E-state index in [-0.39, 0.29) is 17.4 Å². The van der Waals surface area contributed by atoms with E-state index in [1.165, 1.54) is 0 Å². The molecule has 0 unspecified atom stereocenters. The van der Waals surface area contributed by atoms with E-state index in [0.717, 1.165) is 47.0 Å². The summed E-state index contributed by atoms with van der Waals surface area (Å²) in [4.78, 5) is 31.8. The zero-order chi connectivity index (χ0) is 23.8. The minimum atomic E-state index is -0.499. The lowest BCUT2D eigenvalue weighted by Gasteiger charge is -2.41. The van der Waals surface area contributed by atoms with Gasteiger partial charge in [-0.25, -0.2) is 0 Å². The Hall–Kier alpha value is -3.48. The molecule has 1 saturated carbocycles. The molecule has 7 heteroatoms. The number of pyridine rings is 1. The summed E-state index contributed by atoms with van der Waals surface area (Å²) in [5.74, 6) is 2.13. The maximum Gasteiger partial charge on any atom is 0.254 e. The van der Waals surface area contributed by atoms with Crippen molar-refractivity contribution >= 4 is 16.8 Å². The highest BCUT2D eigenvalue weighted by molar-refractivity contribution is 5.83. The van der Waals surface area contributed by atoms with Gasteiger partial charge in [-0.1, -0.05) is 6.42 Å². The fraction of sp³-hybridized carbons (Fsp3) is 0.407. The number of ether oxygens (including phenoxy) is 3. The number of aromatic nitrogens is 1. The van der Waals surface area contributed by atoms with Crippen LogP contribution in [0.5, 0.6) is 17.2 Å². The quantitative estimate of drug-likeness (QED) is 0.593. The number of nitrogens with one attached hydrogen (secondary N) is 1. The zero-order valence-electron chi connectivity index (χ0n) is 19.8. The van der Waals surface area contributed by atoms with Crippen molar-refractivity contribution in [3.05, 3.63) is 63.4 Å². The molecule has 2 aliphatic rings. The van der Waals surface area contributed by atoms with Crippen LogP contribution in [0.1, 0.15) is 48.9 Å². The molecule has 178 valence electrons. The van der Waals surface area contributed by atoms with Crippen LogP contribution in [0.15, 0.2) is 41.2 Å². The van der Waals surface area contributed by atoms with Crippen molar-refractivity contribution in [1.82, 2.24) is 9.88 Å². The first-order valence-electron chi connectivity index (χ1n) is 11.9. The number of aromatic amines is 1. The molecule has 1 fully saturated rings. The number of nitrogens with zero attached hydrogens (tertiary/aromatic N) is 1. The molecule has 1 aliphatic carbocycles. The van der Waals surface area contributed by atoms with Gasteiger partial charge in [-0.05, 0) is 73.7 Å². The molecule has 1 aromatic heterocycles. The Morgan fingerprint density at radius 2 is 1.82 bits per heavy atom. The number of fused-ring (bicyclic) bond motifs is 2. The van der Waals surface area contributed by atoms with Gasteiger partial charge < -0.3 is 24.1 Å². The molecule has 34 heavy (non-hydrogen) atoms. The Kier molecular flexibility index (Phi) is 5.94. The number of rotatable bonds is 6. The van der Waals surface area contributed by atoms with Crippen LogP contribution in [0.3, 0.4) is 0 Å². The summed E-state index contributed by atoms with van der Waals surface area (Å²) in [7, 11) is 3.21. The molecule has 2 heterocycles. The lowest BCUT2D eigenvalue weighted by Crippen LogP contribution is -2.46. The van der Waals surface area contributed by atoms with Crippen molar-refractivity contribution in [2.45, 2.75) is 38.6 Å².